The number of ether oxygens (including phenoxy) is 2. The largest absolute Gasteiger partial charge is 0.491 e. The molecule has 35 heavy (non-hydrogen) atoms. The number of sulfonamides is 2. The monoisotopic (exact) mass is 529 g/mol. The van der Waals surface area contributed by atoms with Gasteiger partial charge in [-0.25, -0.2) is 21.6 Å². The summed E-state index contributed by atoms with van der Waals surface area (Å²) in [6.07, 6.45) is 3.80. The molecule has 0 amide bonds. The molecule has 0 radical (unpaired) electrons. The zero-order valence-electron chi connectivity index (χ0n) is 19.4. The van der Waals surface area contributed by atoms with E-state index in [-0.39, 0.29) is 34.6 Å². The van der Waals surface area contributed by atoms with Crippen LogP contribution in [0.5, 0.6) is 5.75 Å². The number of nitrogens with zero attached hydrogens (tertiary/aromatic N) is 2. The van der Waals surface area contributed by atoms with E-state index in [1.807, 2.05) is 0 Å². The molecule has 2 aliphatic rings. The fraction of sp³-hybridized carbons (Fsp3) is 0.571. The predicted octanol–water partition coefficient (Wildman–Crippen LogP) is -0.340. The molecule has 12 nitrogen and oxygen atoms in total. The van der Waals surface area contributed by atoms with Gasteiger partial charge >= 0.3 is 0 Å². The maximum Gasteiger partial charge on any atom is 0.246 e. The Morgan fingerprint density at radius 3 is 2.74 bits per heavy atom. The van der Waals surface area contributed by atoms with Crippen LogP contribution in [0.4, 0.5) is 0 Å². The van der Waals surface area contributed by atoms with E-state index in [2.05, 4.69) is 20.2 Å². The highest BCUT2D eigenvalue weighted by Crippen LogP contribution is 2.37. The van der Waals surface area contributed by atoms with Gasteiger partial charge in [-0.3, -0.25) is 5.10 Å². The van der Waals surface area contributed by atoms with Crippen molar-refractivity contribution >= 4 is 20.0 Å². The number of aliphatic hydroxyl groups excluding tert-OH is 1. The van der Waals surface area contributed by atoms with Crippen molar-refractivity contribution in [2.45, 2.75) is 46.8 Å². The lowest BCUT2D eigenvalue weighted by Gasteiger charge is -2.37. The molecule has 0 saturated carbocycles. The summed E-state index contributed by atoms with van der Waals surface area (Å²) >= 11 is 0. The first kappa shape index (κ1) is 26.0. The predicted molar refractivity (Wildman–Crippen MR) is 126 cm³/mol. The van der Waals surface area contributed by atoms with E-state index < -0.39 is 26.2 Å². The third kappa shape index (κ3) is 6.02. The summed E-state index contributed by atoms with van der Waals surface area (Å²) in [6, 6.07) is 6.10. The summed E-state index contributed by atoms with van der Waals surface area (Å²) in [4.78, 5) is 0.244. The van der Waals surface area contributed by atoms with Gasteiger partial charge in [-0.2, -0.15) is 9.40 Å². The normalized spacial score (nSPS) is 21.8. The Kier molecular flexibility index (Phi) is 7.80. The van der Waals surface area contributed by atoms with Gasteiger partial charge in [0.15, 0.2) is 0 Å². The van der Waals surface area contributed by atoms with Crippen LogP contribution in [0.2, 0.25) is 0 Å². The van der Waals surface area contributed by atoms with Crippen molar-refractivity contribution in [3.63, 3.8) is 0 Å². The summed E-state index contributed by atoms with van der Waals surface area (Å²) in [5, 5.41) is 19.9. The number of benzene rings is 1. The summed E-state index contributed by atoms with van der Waals surface area (Å²) in [7, 11) is -5.80. The average Bonchev–Trinajstić information content (AvgIpc) is 3.53. The molecule has 0 bridgehead atoms. The third-order valence-corrected chi connectivity index (χ3v) is 9.70. The van der Waals surface area contributed by atoms with Gasteiger partial charge in [-0.05, 0) is 38.4 Å². The van der Waals surface area contributed by atoms with Crippen molar-refractivity contribution in [1.82, 2.24) is 24.5 Å². The standard InChI is InChI=1S/C21H31N5O7S2/c1-22-34(28,29)19-4-2-3-18(9-19)32-15-17(27)11-23-16-10-21(33-14-16)5-7-26(8-6-21)35(30,31)20-12-24-25-13-20/h2-4,9,12-13,16-17,22-23,27H,5-8,10-11,14-15H2,1H3,(H,24,25). The van der Waals surface area contributed by atoms with Gasteiger partial charge in [0, 0.05) is 37.9 Å². The first-order chi connectivity index (χ1) is 16.6. The van der Waals surface area contributed by atoms with Crippen LogP contribution in [-0.2, 0) is 24.8 Å². The van der Waals surface area contributed by atoms with Crippen molar-refractivity contribution in [2.24, 2.45) is 0 Å². The van der Waals surface area contributed by atoms with E-state index in [1.54, 1.807) is 12.1 Å². The first-order valence-corrected chi connectivity index (χ1v) is 14.3. The van der Waals surface area contributed by atoms with Crippen LogP contribution in [0.15, 0.2) is 46.5 Å². The van der Waals surface area contributed by atoms with Crippen molar-refractivity contribution < 1.29 is 31.4 Å². The van der Waals surface area contributed by atoms with Gasteiger partial charge in [0.25, 0.3) is 0 Å². The highest BCUT2D eigenvalue weighted by Gasteiger charge is 2.44. The highest BCUT2D eigenvalue weighted by atomic mass is 32.2. The molecule has 4 N–H and O–H groups in total. The topological polar surface area (TPSA) is 163 Å². The molecular formula is C21H31N5O7S2. The van der Waals surface area contributed by atoms with Gasteiger partial charge in [-0.15, -0.1) is 0 Å². The Hall–Kier alpha value is -2.07. The van der Waals surface area contributed by atoms with Crippen LogP contribution >= 0.6 is 0 Å². The number of aromatic amines is 1. The molecule has 2 aliphatic heterocycles. The van der Waals surface area contributed by atoms with Crippen molar-refractivity contribution in [2.75, 3.05) is 39.9 Å². The fourth-order valence-corrected chi connectivity index (χ4v) is 6.50. The number of rotatable bonds is 10. The van der Waals surface area contributed by atoms with Crippen LogP contribution in [0.3, 0.4) is 0 Å². The SMILES string of the molecule is CNS(=O)(=O)c1cccc(OCC(O)CNC2COC3(CCN(S(=O)(=O)c4cn[nH]c4)CC3)C2)c1. The number of nitrogens with one attached hydrogen (secondary N) is 3. The molecule has 1 aromatic carbocycles. The number of hydrogen-bond acceptors (Lipinski definition) is 9. The molecule has 2 atom stereocenters. The van der Waals surface area contributed by atoms with E-state index in [4.69, 9.17) is 9.47 Å². The minimum Gasteiger partial charge on any atom is -0.491 e. The zero-order valence-corrected chi connectivity index (χ0v) is 21.0. The number of aliphatic hydroxyl groups is 1. The maximum atomic E-state index is 12.7. The van der Waals surface area contributed by atoms with Gasteiger partial charge in [0.2, 0.25) is 20.0 Å². The second-order valence-corrected chi connectivity index (χ2v) is 12.6. The smallest absolute Gasteiger partial charge is 0.246 e. The second kappa shape index (κ2) is 10.5. The highest BCUT2D eigenvalue weighted by molar-refractivity contribution is 7.89. The molecule has 2 unspecified atom stereocenters. The third-order valence-electron chi connectivity index (χ3n) is 6.42. The summed E-state index contributed by atoms with van der Waals surface area (Å²) < 4.78 is 64.6. The summed E-state index contributed by atoms with van der Waals surface area (Å²) in [6.45, 7) is 1.50. The van der Waals surface area contributed by atoms with E-state index in [1.165, 1.54) is 35.9 Å². The van der Waals surface area contributed by atoms with Crippen molar-refractivity contribution in [3.8, 4) is 5.75 Å². The lowest BCUT2D eigenvalue weighted by Crippen LogP contribution is -2.47. The number of piperidine rings is 1. The quantitative estimate of drug-likeness (QED) is 0.322. The van der Waals surface area contributed by atoms with Crippen LogP contribution in [0.25, 0.3) is 0 Å². The molecule has 2 saturated heterocycles. The van der Waals surface area contributed by atoms with Crippen LogP contribution in [-0.4, -0.2) is 94.1 Å². The molecule has 14 heteroatoms. The Labute approximate surface area is 205 Å². The minimum atomic E-state index is -3.58. The first-order valence-electron chi connectivity index (χ1n) is 11.3. The van der Waals surface area contributed by atoms with E-state index in [0.29, 0.717) is 38.3 Å². The van der Waals surface area contributed by atoms with E-state index in [9.17, 15) is 21.9 Å². The number of H-pyrrole nitrogens is 1. The second-order valence-electron chi connectivity index (χ2n) is 8.79. The summed E-state index contributed by atoms with van der Waals surface area (Å²) in [5.74, 6) is 0.348. The van der Waals surface area contributed by atoms with Crippen molar-refractivity contribution in [3.05, 3.63) is 36.7 Å². The van der Waals surface area contributed by atoms with Crippen molar-refractivity contribution in [1.29, 1.82) is 0 Å². The van der Waals surface area contributed by atoms with Gasteiger partial charge in [0.1, 0.15) is 23.4 Å². The number of hydrogen-bond donors (Lipinski definition) is 4. The van der Waals surface area contributed by atoms with Crippen LogP contribution in [0.1, 0.15) is 19.3 Å². The molecular weight excluding hydrogens is 498 g/mol. The lowest BCUT2D eigenvalue weighted by molar-refractivity contribution is -0.0312. The Morgan fingerprint density at radius 2 is 2.06 bits per heavy atom. The average molecular weight is 530 g/mol. The van der Waals surface area contributed by atoms with E-state index >= 15 is 0 Å². The maximum absolute atomic E-state index is 12.7. The molecule has 4 rings (SSSR count). The molecule has 3 heterocycles. The van der Waals surface area contributed by atoms with Gasteiger partial charge in [-0.1, -0.05) is 6.07 Å². The Morgan fingerprint density at radius 1 is 1.29 bits per heavy atom. The molecule has 194 valence electrons. The van der Waals surface area contributed by atoms with Gasteiger partial charge < -0.3 is 19.9 Å². The molecule has 1 aromatic heterocycles. The molecule has 2 aromatic rings. The zero-order chi connectivity index (χ0) is 25.1. The molecule has 2 fully saturated rings. The summed E-state index contributed by atoms with van der Waals surface area (Å²) in [5.41, 5.74) is -0.374. The minimum absolute atomic E-state index is 0.00436. The van der Waals surface area contributed by atoms with E-state index in [0.717, 1.165) is 6.42 Å². The Balaban J connectivity index is 1.21. The van der Waals surface area contributed by atoms with Crippen LogP contribution in [0, 0.1) is 0 Å². The molecule has 0 aliphatic carbocycles. The van der Waals surface area contributed by atoms with Crippen LogP contribution < -0.4 is 14.8 Å². The lowest BCUT2D eigenvalue weighted by atomic mass is 9.88. The molecule has 1 spiro atoms. The Bertz CT molecular complexity index is 1200. The fourth-order valence-electron chi connectivity index (χ4n) is 4.39. The van der Waals surface area contributed by atoms with Gasteiger partial charge in [0.05, 0.1) is 23.3 Å². The number of aromatic nitrogens is 2.